The molecule has 0 aliphatic heterocycles. The number of benzene rings is 1. The molecule has 12 heteroatoms. The molecule has 0 radical (unpaired) electrons. The summed E-state index contributed by atoms with van der Waals surface area (Å²) >= 11 is 0. The van der Waals surface area contributed by atoms with E-state index in [-0.39, 0.29) is 17.3 Å². The lowest BCUT2D eigenvalue weighted by atomic mass is 10.2. The maximum absolute atomic E-state index is 12.4. The van der Waals surface area contributed by atoms with Gasteiger partial charge in [-0.3, -0.25) is 9.59 Å². The van der Waals surface area contributed by atoms with Gasteiger partial charge in [0.25, 0.3) is 5.91 Å². The first-order chi connectivity index (χ1) is 20.8. The van der Waals surface area contributed by atoms with Crippen LogP contribution in [0.25, 0.3) is 0 Å². The number of nitrogens with one attached hydrogen (secondary N) is 3. The SMILES string of the molecule is CSS[C@H](COc1cccc(C(=O)NCCNC(C)C)c1)OCCOCCOCCCC(=O)NCCOCC#CC(C)C. The molecule has 43 heavy (non-hydrogen) atoms. The summed E-state index contributed by atoms with van der Waals surface area (Å²) in [5, 5.41) is 9.01. The van der Waals surface area contributed by atoms with Gasteiger partial charge in [-0.05, 0) is 30.9 Å². The van der Waals surface area contributed by atoms with Crippen LogP contribution < -0.4 is 20.7 Å². The van der Waals surface area contributed by atoms with Crippen LogP contribution in [0.3, 0.4) is 0 Å². The molecule has 0 aromatic heterocycles. The Morgan fingerprint density at radius 1 is 0.907 bits per heavy atom. The minimum Gasteiger partial charge on any atom is -0.490 e. The molecule has 0 saturated carbocycles. The van der Waals surface area contributed by atoms with Crippen molar-refractivity contribution in [2.24, 2.45) is 5.92 Å². The van der Waals surface area contributed by atoms with Crippen molar-refractivity contribution in [3.63, 3.8) is 0 Å². The van der Waals surface area contributed by atoms with Crippen molar-refractivity contribution in [2.75, 3.05) is 78.7 Å². The lowest BCUT2D eigenvalue weighted by Crippen LogP contribution is -2.34. The maximum Gasteiger partial charge on any atom is 0.251 e. The van der Waals surface area contributed by atoms with Gasteiger partial charge in [-0.15, -0.1) is 0 Å². The van der Waals surface area contributed by atoms with Gasteiger partial charge in [-0.1, -0.05) is 67.2 Å². The van der Waals surface area contributed by atoms with E-state index in [1.54, 1.807) is 33.7 Å². The highest BCUT2D eigenvalue weighted by molar-refractivity contribution is 8.76. The van der Waals surface area contributed by atoms with E-state index in [1.165, 1.54) is 0 Å². The van der Waals surface area contributed by atoms with E-state index in [4.69, 9.17) is 23.7 Å². The first kappa shape index (κ1) is 39.0. The lowest BCUT2D eigenvalue weighted by molar-refractivity contribution is -0.121. The molecule has 0 saturated heterocycles. The Labute approximate surface area is 266 Å². The molecule has 2 amide bonds. The molecule has 0 heterocycles. The maximum atomic E-state index is 12.4. The van der Waals surface area contributed by atoms with E-state index in [0.29, 0.717) is 109 Å². The normalized spacial score (nSPS) is 11.7. The summed E-state index contributed by atoms with van der Waals surface area (Å²) in [6.45, 7) is 13.4. The van der Waals surface area contributed by atoms with Crippen molar-refractivity contribution in [2.45, 2.75) is 52.0 Å². The summed E-state index contributed by atoms with van der Waals surface area (Å²) in [4.78, 5) is 24.3. The van der Waals surface area contributed by atoms with Gasteiger partial charge in [-0.2, -0.15) is 0 Å². The van der Waals surface area contributed by atoms with E-state index in [9.17, 15) is 9.59 Å². The molecule has 3 N–H and O–H groups in total. The van der Waals surface area contributed by atoms with Crippen LogP contribution in [0.4, 0.5) is 0 Å². The zero-order chi connectivity index (χ0) is 31.5. The fourth-order valence-corrected chi connectivity index (χ4v) is 4.82. The Morgan fingerprint density at radius 2 is 1.67 bits per heavy atom. The van der Waals surface area contributed by atoms with Crippen LogP contribution in [0.2, 0.25) is 0 Å². The second kappa shape index (κ2) is 26.4. The fraction of sp³-hybridized carbons (Fsp3) is 0.677. The van der Waals surface area contributed by atoms with Gasteiger partial charge < -0.3 is 39.6 Å². The van der Waals surface area contributed by atoms with Crippen molar-refractivity contribution in [3.05, 3.63) is 29.8 Å². The molecule has 1 atom stereocenters. The first-order valence-corrected chi connectivity index (χ1v) is 17.5. The largest absolute Gasteiger partial charge is 0.490 e. The number of amides is 2. The van der Waals surface area contributed by atoms with E-state index in [2.05, 4.69) is 41.6 Å². The monoisotopic (exact) mass is 641 g/mol. The highest BCUT2D eigenvalue weighted by atomic mass is 33.1. The number of hydrogen-bond acceptors (Lipinski definition) is 10. The minimum atomic E-state index is -0.189. The van der Waals surface area contributed by atoms with Crippen LogP contribution in [0.15, 0.2) is 24.3 Å². The molecule has 0 fully saturated rings. The molecule has 1 aromatic carbocycles. The van der Waals surface area contributed by atoms with Crippen LogP contribution in [-0.2, 0) is 23.7 Å². The lowest BCUT2D eigenvalue weighted by Gasteiger charge is -2.17. The molecule has 244 valence electrons. The molecular weight excluding hydrogens is 590 g/mol. The summed E-state index contributed by atoms with van der Waals surface area (Å²) in [6, 6.07) is 7.52. The van der Waals surface area contributed by atoms with Gasteiger partial charge in [0, 0.05) is 50.2 Å². The summed E-state index contributed by atoms with van der Waals surface area (Å²) < 4.78 is 28.3. The van der Waals surface area contributed by atoms with Crippen molar-refractivity contribution < 1.29 is 33.3 Å². The van der Waals surface area contributed by atoms with Crippen LogP contribution >= 0.6 is 21.6 Å². The fourth-order valence-electron chi connectivity index (χ4n) is 3.36. The average molecular weight is 642 g/mol. The van der Waals surface area contributed by atoms with Crippen molar-refractivity contribution >= 4 is 33.4 Å². The highest BCUT2D eigenvalue weighted by Gasteiger charge is 2.12. The van der Waals surface area contributed by atoms with Gasteiger partial charge in [0.15, 0.2) is 0 Å². The van der Waals surface area contributed by atoms with Gasteiger partial charge in [-0.25, -0.2) is 0 Å². The predicted molar refractivity (Wildman–Crippen MR) is 176 cm³/mol. The predicted octanol–water partition coefficient (Wildman–Crippen LogP) is 3.75. The minimum absolute atomic E-state index is 0.0148. The van der Waals surface area contributed by atoms with E-state index < -0.39 is 0 Å². The molecule has 0 aliphatic carbocycles. The van der Waals surface area contributed by atoms with E-state index >= 15 is 0 Å². The van der Waals surface area contributed by atoms with Gasteiger partial charge in [0.05, 0.1) is 33.0 Å². The van der Waals surface area contributed by atoms with Crippen LogP contribution in [0, 0.1) is 17.8 Å². The van der Waals surface area contributed by atoms with Crippen molar-refractivity contribution in [1.82, 2.24) is 16.0 Å². The van der Waals surface area contributed by atoms with Gasteiger partial charge in [0.1, 0.15) is 24.4 Å². The molecule has 0 bridgehead atoms. The average Bonchev–Trinajstić information content (AvgIpc) is 2.98. The quantitative estimate of drug-likeness (QED) is 0.0631. The second-order valence-electron chi connectivity index (χ2n) is 9.97. The molecule has 0 spiro atoms. The summed E-state index contributed by atoms with van der Waals surface area (Å²) in [5.74, 6) is 6.77. The first-order valence-electron chi connectivity index (χ1n) is 14.9. The highest BCUT2D eigenvalue weighted by Crippen LogP contribution is 2.25. The topological polar surface area (TPSA) is 116 Å². The molecule has 10 nitrogen and oxygen atoms in total. The second-order valence-corrected chi connectivity index (χ2v) is 12.6. The number of rotatable bonds is 25. The number of ether oxygens (including phenoxy) is 5. The van der Waals surface area contributed by atoms with Crippen LogP contribution in [0.5, 0.6) is 5.75 Å². The van der Waals surface area contributed by atoms with Gasteiger partial charge in [0.2, 0.25) is 5.91 Å². The Hall–Kier alpha value is -1.98. The van der Waals surface area contributed by atoms with Crippen molar-refractivity contribution in [3.8, 4) is 17.6 Å². The third-order valence-corrected chi connectivity index (χ3v) is 7.28. The number of carbonyl (C=O) groups excluding carboxylic acids is 2. The Kier molecular flexibility index (Phi) is 24.0. The van der Waals surface area contributed by atoms with Crippen LogP contribution in [0.1, 0.15) is 50.9 Å². The Morgan fingerprint density at radius 3 is 2.42 bits per heavy atom. The zero-order valence-corrected chi connectivity index (χ0v) is 28.0. The molecule has 0 aliphatic rings. The Bertz CT molecular complexity index is 941. The number of hydrogen-bond donors (Lipinski definition) is 3. The molecular formula is C31H51N3O7S2. The van der Waals surface area contributed by atoms with Crippen molar-refractivity contribution in [1.29, 1.82) is 0 Å². The van der Waals surface area contributed by atoms with E-state index in [0.717, 1.165) is 0 Å². The van der Waals surface area contributed by atoms with Gasteiger partial charge >= 0.3 is 0 Å². The number of carbonyl (C=O) groups is 2. The Balaban J connectivity index is 2.10. The van der Waals surface area contributed by atoms with Crippen LogP contribution in [-0.4, -0.2) is 102 Å². The third kappa shape index (κ3) is 23.1. The molecule has 1 rings (SSSR count). The third-order valence-electron chi connectivity index (χ3n) is 5.38. The summed E-state index contributed by atoms with van der Waals surface area (Å²) in [6.07, 6.45) is 3.04. The smallest absolute Gasteiger partial charge is 0.251 e. The standard InChI is InChI=1S/C31H51N3O7S2/c1-25(2)9-7-16-37-18-15-33-29(35)12-8-17-38-19-20-39-21-22-40-30(43-42-5)24-41-28-11-6-10-27(23-28)31(36)34-14-13-32-26(3)4/h6,10-11,23,25-26,30,32H,8,12-22,24H2,1-5H3,(H,33,35)(H,34,36)/t30-/m1/s1. The molecule has 0 unspecified atom stereocenters. The molecule has 1 aromatic rings. The zero-order valence-electron chi connectivity index (χ0n) is 26.4. The van der Waals surface area contributed by atoms with E-state index in [1.807, 2.05) is 32.2 Å². The summed E-state index contributed by atoms with van der Waals surface area (Å²) in [5.41, 5.74) is 0.367. The summed E-state index contributed by atoms with van der Waals surface area (Å²) in [7, 11) is 3.17.